The van der Waals surface area contributed by atoms with E-state index in [4.69, 9.17) is 21.1 Å². The first-order valence-electron chi connectivity index (χ1n) is 6.94. The van der Waals surface area contributed by atoms with Gasteiger partial charge in [0.1, 0.15) is 0 Å². The van der Waals surface area contributed by atoms with E-state index in [9.17, 15) is 4.79 Å². The Hall–Kier alpha value is -0.840. The average Bonchev–Trinajstić information content (AvgIpc) is 2.73. The molecule has 5 heteroatoms. The van der Waals surface area contributed by atoms with E-state index in [1.807, 2.05) is 19.9 Å². The summed E-state index contributed by atoms with van der Waals surface area (Å²) >= 11 is 5.62. The van der Waals surface area contributed by atoms with Crippen molar-refractivity contribution in [2.75, 3.05) is 32.8 Å². The number of ether oxygens (including phenoxy) is 2. The fraction of sp³-hybridized carbons (Fsp3) is 0.667. The van der Waals surface area contributed by atoms with E-state index in [1.54, 1.807) is 7.11 Å². The van der Waals surface area contributed by atoms with Crippen LogP contribution in [0.15, 0.2) is 6.07 Å². The van der Waals surface area contributed by atoms with E-state index in [1.165, 1.54) is 0 Å². The van der Waals surface area contributed by atoms with Crippen LogP contribution in [-0.2, 0) is 16.0 Å². The molecule has 0 spiro atoms. The van der Waals surface area contributed by atoms with E-state index in [0.29, 0.717) is 13.2 Å². The third-order valence-electron chi connectivity index (χ3n) is 3.35. The van der Waals surface area contributed by atoms with Crippen molar-refractivity contribution in [3.8, 4) is 0 Å². The molecule has 0 aromatic carbocycles. The predicted octanol–water partition coefficient (Wildman–Crippen LogP) is 2.97. The topological polar surface area (TPSA) is 40.5 Å². The summed E-state index contributed by atoms with van der Waals surface area (Å²) in [6, 6.07) is 1.93. The van der Waals surface area contributed by atoms with Gasteiger partial charge >= 0.3 is 0 Å². The summed E-state index contributed by atoms with van der Waals surface area (Å²) in [5.41, 5.74) is 2.86. The molecule has 0 saturated heterocycles. The molecule has 0 bridgehead atoms. The van der Waals surface area contributed by atoms with Crippen LogP contribution in [0.25, 0.3) is 0 Å². The monoisotopic (exact) mass is 301 g/mol. The molecule has 0 fully saturated rings. The molecule has 1 aromatic heterocycles. The largest absolute Gasteiger partial charge is 0.382 e. The van der Waals surface area contributed by atoms with Crippen LogP contribution >= 0.6 is 11.6 Å². The Balaban J connectivity index is 2.40. The molecule has 1 heterocycles. The van der Waals surface area contributed by atoms with Gasteiger partial charge in [0.15, 0.2) is 5.78 Å². The number of aryl methyl sites for hydroxylation is 1. The second-order valence-corrected chi connectivity index (χ2v) is 5.07. The van der Waals surface area contributed by atoms with Gasteiger partial charge in [0.2, 0.25) is 0 Å². The van der Waals surface area contributed by atoms with Gasteiger partial charge in [-0.3, -0.25) is 4.79 Å². The fourth-order valence-corrected chi connectivity index (χ4v) is 2.36. The highest BCUT2D eigenvalue weighted by atomic mass is 35.5. The number of methoxy groups -OCH3 is 1. The lowest BCUT2D eigenvalue weighted by atomic mass is 10.2. The third-order valence-corrected chi connectivity index (χ3v) is 3.59. The standard InChI is InChI=1S/C15H24ClNO3/c1-12-10-14(15(18)11-16)13(2)17(12)6-4-5-7-20-9-8-19-3/h10H,4-9,11H2,1-3H3. The second kappa shape index (κ2) is 9.16. The van der Waals surface area contributed by atoms with Crippen molar-refractivity contribution in [1.29, 1.82) is 0 Å². The average molecular weight is 302 g/mol. The van der Waals surface area contributed by atoms with Crippen molar-refractivity contribution >= 4 is 17.4 Å². The number of rotatable bonds is 10. The molecule has 0 unspecified atom stereocenters. The van der Waals surface area contributed by atoms with Crippen LogP contribution in [0, 0.1) is 13.8 Å². The highest BCUT2D eigenvalue weighted by Crippen LogP contribution is 2.17. The van der Waals surface area contributed by atoms with Gasteiger partial charge in [0.05, 0.1) is 19.1 Å². The molecule has 0 saturated carbocycles. The van der Waals surface area contributed by atoms with Gasteiger partial charge in [0, 0.05) is 37.2 Å². The first kappa shape index (κ1) is 17.2. The lowest BCUT2D eigenvalue weighted by molar-refractivity contribution is 0.0684. The summed E-state index contributed by atoms with van der Waals surface area (Å²) in [7, 11) is 1.67. The SMILES string of the molecule is COCCOCCCCn1c(C)cc(C(=O)CCl)c1C. The number of nitrogens with zero attached hydrogens (tertiary/aromatic N) is 1. The second-order valence-electron chi connectivity index (χ2n) is 4.81. The zero-order chi connectivity index (χ0) is 15.0. The maximum atomic E-state index is 11.7. The molecule has 0 radical (unpaired) electrons. The number of Topliss-reactive ketones (excluding diaryl/α,β-unsaturated/α-hetero) is 1. The smallest absolute Gasteiger partial charge is 0.179 e. The molecule has 0 amide bonds. The predicted molar refractivity (Wildman–Crippen MR) is 80.9 cm³/mol. The fourth-order valence-electron chi connectivity index (χ4n) is 2.22. The summed E-state index contributed by atoms with van der Waals surface area (Å²) in [5, 5.41) is 0. The van der Waals surface area contributed by atoms with E-state index in [2.05, 4.69) is 4.57 Å². The van der Waals surface area contributed by atoms with Crippen LogP contribution in [0.4, 0.5) is 0 Å². The first-order valence-corrected chi connectivity index (χ1v) is 7.47. The summed E-state index contributed by atoms with van der Waals surface area (Å²) in [6.45, 7) is 6.93. The summed E-state index contributed by atoms with van der Waals surface area (Å²) in [6.07, 6.45) is 2.03. The van der Waals surface area contributed by atoms with Crippen LogP contribution in [0.3, 0.4) is 0 Å². The number of carbonyl (C=O) groups excluding carboxylic acids is 1. The number of halogens is 1. The van der Waals surface area contributed by atoms with Crippen molar-refractivity contribution in [2.24, 2.45) is 0 Å². The molecule has 20 heavy (non-hydrogen) atoms. The Kier molecular flexibility index (Phi) is 7.88. The molecular weight excluding hydrogens is 278 g/mol. The number of unbranched alkanes of at least 4 members (excludes halogenated alkanes) is 1. The molecule has 1 rings (SSSR count). The van der Waals surface area contributed by atoms with Crippen LogP contribution in [0.2, 0.25) is 0 Å². The van der Waals surface area contributed by atoms with Gasteiger partial charge in [-0.15, -0.1) is 11.6 Å². The molecule has 0 aliphatic heterocycles. The van der Waals surface area contributed by atoms with Crippen molar-refractivity contribution in [3.05, 3.63) is 23.0 Å². The molecule has 114 valence electrons. The lowest BCUT2D eigenvalue weighted by Gasteiger charge is -2.10. The highest BCUT2D eigenvalue weighted by molar-refractivity contribution is 6.30. The van der Waals surface area contributed by atoms with Crippen LogP contribution in [0.5, 0.6) is 0 Å². The third kappa shape index (κ3) is 4.93. The van der Waals surface area contributed by atoms with Crippen LogP contribution < -0.4 is 0 Å². The van der Waals surface area contributed by atoms with Crippen molar-refractivity contribution in [2.45, 2.75) is 33.2 Å². The van der Waals surface area contributed by atoms with E-state index in [-0.39, 0.29) is 11.7 Å². The summed E-state index contributed by atoms with van der Waals surface area (Å²) in [4.78, 5) is 11.7. The molecule has 0 N–H and O–H groups in total. The molecule has 0 atom stereocenters. The van der Waals surface area contributed by atoms with Gasteiger partial charge in [-0.25, -0.2) is 0 Å². The number of alkyl halides is 1. The maximum absolute atomic E-state index is 11.7. The summed E-state index contributed by atoms with van der Waals surface area (Å²) in [5.74, 6) is 0.0337. The Labute approximate surface area is 126 Å². The van der Waals surface area contributed by atoms with Crippen LogP contribution in [-0.4, -0.2) is 43.2 Å². The Morgan fingerprint density at radius 2 is 2.00 bits per heavy atom. The maximum Gasteiger partial charge on any atom is 0.179 e. The number of hydrogen-bond donors (Lipinski definition) is 0. The Bertz CT molecular complexity index is 429. The minimum Gasteiger partial charge on any atom is -0.382 e. The quantitative estimate of drug-likeness (QED) is 0.379. The lowest BCUT2D eigenvalue weighted by Crippen LogP contribution is -2.07. The summed E-state index contributed by atoms with van der Waals surface area (Å²) < 4.78 is 12.5. The number of aromatic nitrogens is 1. The van der Waals surface area contributed by atoms with Crippen molar-refractivity contribution in [1.82, 2.24) is 4.57 Å². The van der Waals surface area contributed by atoms with Gasteiger partial charge in [0.25, 0.3) is 0 Å². The zero-order valence-electron chi connectivity index (χ0n) is 12.6. The Morgan fingerprint density at radius 3 is 2.65 bits per heavy atom. The minimum atomic E-state index is -0.00563. The van der Waals surface area contributed by atoms with E-state index in [0.717, 1.165) is 42.9 Å². The first-order chi connectivity index (χ1) is 9.61. The molecule has 0 aliphatic rings. The normalized spacial score (nSPS) is 11.0. The van der Waals surface area contributed by atoms with Crippen molar-refractivity contribution < 1.29 is 14.3 Å². The van der Waals surface area contributed by atoms with Crippen LogP contribution in [0.1, 0.15) is 34.6 Å². The van der Waals surface area contributed by atoms with Gasteiger partial charge in [-0.05, 0) is 32.8 Å². The van der Waals surface area contributed by atoms with Gasteiger partial charge in [-0.2, -0.15) is 0 Å². The Morgan fingerprint density at radius 1 is 1.25 bits per heavy atom. The van der Waals surface area contributed by atoms with E-state index >= 15 is 0 Å². The molecule has 4 nitrogen and oxygen atoms in total. The van der Waals surface area contributed by atoms with Gasteiger partial charge in [-0.1, -0.05) is 0 Å². The molecule has 0 aliphatic carbocycles. The van der Waals surface area contributed by atoms with Gasteiger partial charge < -0.3 is 14.0 Å². The van der Waals surface area contributed by atoms with E-state index < -0.39 is 0 Å². The molecular formula is C15H24ClNO3. The molecule has 1 aromatic rings. The minimum absolute atomic E-state index is 0.00563. The number of ketones is 1. The van der Waals surface area contributed by atoms with Crippen molar-refractivity contribution in [3.63, 3.8) is 0 Å². The zero-order valence-corrected chi connectivity index (χ0v) is 13.3. The number of hydrogen-bond acceptors (Lipinski definition) is 3. The highest BCUT2D eigenvalue weighted by Gasteiger charge is 2.14. The number of carbonyl (C=O) groups is 1.